The number of hydrogen-bond donors (Lipinski definition) is 2. The molecule has 0 saturated heterocycles. The maximum absolute atomic E-state index is 16.1. The fraction of sp³-hybridized carbons (Fsp3) is 0.577. The lowest BCUT2D eigenvalue weighted by Crippen LogP contribution is -2.29. The molecule has 3 N–H and O–H groups in total. The molecule has 1 aromatic heterocycles. The van der Waals surface area contributed by atoms with Gasteiger partial charge in [0.25, 0.3) is 5.91 Å². The number of nitrogens with zero attached hydrogens (tertiary/aromatic N) is 2. The van der Waals surface area contributed by atoms with E-state index in [4.69, 9.17) is 10.8 Å². The minimum absolute atomic E-state index is 0.0952. The van der Waals surface area contributed by atoms with Crippen molar-refractivity contribution in [2.75, 3.05) is 5.32 Å². The zero-order valence-corrected chi connectivity index (χ0v) is 19.5. The van der Waals surface area contributed by atoms with Gasteiger partial charge in [-0.1, -0.05) is 33.1 Å². The van der Waals surface area contributed by atoms with Crippen LogP contribution in [0.25, 0.3) is 5.69 Å². The van der Waals surface area contributed by atoms with Gasteiger partial charge in [0.2, 0.25) is 0 Å². The summed E-state index contributed by atoms with van der Waals surface area (Å²) >= 11 is 0. The average molecular weight is 453 g/mol. The second-order valence-electron chi connectivity index (χ2n) is 10.9. The van der Waals surface area contributed by atoms with Gasteiger partial charge in [0.05, 0.1) is 28.2 Å². The van der Waals surface area contributed by atoms with Gasteiger partial charge >= 0.3 is 0 Å². The van der Waals surface area contributed by atoms with E-state index in [2.05, 4.69) is 19.2 Å². The van der Waals surface area contributed by atoms with Crippen LogP contribution in [0.15, 0.2) is 12.1 Å². The molecular weight excluding hydrogens is 419 g/mol. The Bertz CT molecular complexity index is 1110. The van der Waals surface area contributed by atoms with Crippen LogP contribution in [0.5, 0.6) is 0 Å². The SMILES string of the molecule is CC1(C)CC(=O)c2c(CC3CC3)nn(-c3ccc(C(N)=O)c(NC4CCCCC4)c3F)c2C1. The maximum atomic E-state index is 16.1. The number of amides is 1. The molecule has 33 heavy (non-hydrogen) atoms. The number of anilines is 1. The van der Waals surface area contributed by atoms with Crippen molar-refractivity contribution >= 4 is 17.4 Å². The van der Waals surface area contributed by atoms with Crippen LogP contribution in [0.4, 0.5) is 10.1 Å². The highest BCUT2D eigenvalue weighted by Gasteiger charge is 2.38. The highest BCUT2D eigenvalue weighted by molar-refractivity contribution is 6.00. The molecule has 3 aliphatic rings. The minimum atomic E-state index is -0.660. The first kappa shape index (κ1) is 22.1. The normalized spacial score (nSPS) is 20.5. The van der Waals surface area contributed by atoms with Crippen molar-refractivity contribution in [3.05, 3.63) is 40.5 Å². The Hall–Kier alpha value is -2.70. The minimum Gasteiger partial charge on any atom is -0.379 e. The van der Waals surface area contributed by atoms with Crippen molar-refractivity contribution in [1.29, 1.82) is 0 Å². The van der Waals surface area contributed by atoms with Crippen LogP contribution >= 0.6 is 0 Å². The van der Waals surface area contributed by atoms with E-state index >= 15 is 4.39 Å². The van der Waals surface area contributed by atoms with Gasteiger partial charge in [-0.3, -0.25) is 9.59 Å². The Morgan fingerprint density at radius 3 is 2.58 bits per heavy atom. The Labute approximate surface area is 194 Å². The highest BCUT2D eigenvalue weighted by atomic mass is 19.1. The molecule has 1 amide bonds. The molecule has 6 nitrogen and oxygen atoms in total. The van der Waals surface area contributed by atoms with Gasteiger partial charge in [-0.05, 0) is 62.0 Å². The van der Waals surface area contributed by atoms with E-state index in [1.165, 1.54) is 6.42 Å². The molecule has 2 saturated carbocycles. The number of ketones is 1. The third-order valence-corrected chi connectivity index (χ3v) is 7.37. The number of aromatic nitrogens is 2. The number of halogens is 1. The number of hydrogen-bond acceptors (Lipinski definition) is 4. The van der Waals surface area contributed by atoms with E-state index in [1.54, 1.807) is 16.8 Å². The second-order valence-corrected chi connectivity index (χ2v) is 10.9. The molecule has 0 bridgehead atoms. The fourth-order valence-corrected chi connectivity index (χ4v) is 5.49. The first-order valence-electron chi connectivity index (χ1n) is 12.3. The van der Waals surface area contributed by atoms with E-state index in [-0.39, 0.29) is 34.2 Å². The summed E-state index contributed by atoms with van der Waals surface area (Å²) in [6.45, 7) is 4.13. The summed E-state index contributed by atoms with van der Waals surface area (Å²) in [4.78, 5) is 25.2. The average Bonchev–Trinajstić information content (AvgIpc) is 3.50. The molecule has 7 heteroatoms. The summed E-state index contributed by atoms with van der Waals surface area (Å²) in [7, 11) is 0. The number of rotatable bonds is 6. The van der Waals surface area contributed by atoms with E-state index in [0.717, 1.165) is 56.3 Å². The fourth-order valence-electron chi connectivity index (χ4n) is 5.49. The maximum Gasteiger partial charge on any atom is 0.250 e. The largest absolute Gasteiger partial charge is 0.379 e. The van der Waals surface area contributed by atoms with Crippen molar-refractivity contribution in [3.63, 3.8) is 0 Å². The number of Topliss-reactive ketones (excluding diaryl/α,β-unsaturated/α-hetero) is 1. The number of benzene rings is 1. The molecule has 0 spiro atoms. The number of carbonyl (C=O) groups excluding carboxylic acids is 2. The predicted octanol–water partition coefficient (Wildman–Crippen LogP) is 4.96. The van der Waals surface area contributed by atoms with Crippen LogP contribution in [0, 0.1) is 17.2 Å². The summed E-state index contributed by atoms with van der Waals surface area (Å²) in [5.41, 5.74) is 8.19. The van der Waals surface area contributed by atoms with E-state index < -0.39 is 11.7 Å². The smallest absolute Gasteiger partial charge is 0.250 e. The van der Waals surface area contributed by atoms with Gasteiger partial charge < -0.3 is 11.1 Å². The Balaban J connectivity index is 1.62. The lowest BCUT2D eigenvalue weighted by molar-refractivity contribution is 0.0909. The topological polar surface area (TPSA) is 90.0 Å². The Kier molecular flexibility index (Phi) is 5.53. The van der Waals surface area contributed by atoms with E-state index in [9.17, 15) is 9.59 Å². The van der Waals surface area contributed by atoms with Crippen LogP contribution in [-0.4, -0.2) is 27.5 Å². The van der Waals surface area contributed by atoms with Crippen molar-refractivity contribution in [2.24, 2.45) is 17.1 Å². The third-order valence-electron chi connectivity index (χ3n) is 7.37. The van der Waals surface area contributed by atoms with Crippen molar-refractivity contribution in [3.8, 4) is 5.69 Å². The zero-order valence-electron chi connectivity index (χ0n) is 19.5. The van der Waals surface area contributed by atoms with Crippen molar-refractivity contribution < 1.29 is 14.0 Å². The van der Waals surface area contributed by atoms with Gasteiger partial charge in [0, 0.05) is 12.5 Å². The number of nitrogens with one attached hydrogen (secondary N) is 1. The molecule has 0 unspecified atom stereocenters. The van der Waals surface area contributed by atoms with Gasteiger partial charge in [-0.2, -0.15) is 5.10 Å². The molecule has 0 atom stereocenters. The quantitative estimate of drug-likeness (QED) is 0.648. The standard InChI is InChI=1S/C26H33FN4O2/c1-26(2)13-20-22(21(32)14-26)18(12-15-8-9-15)30-31(20)19-11-10-17(25(28)33)24(23(19)27)29-16-6-4-3-5-7-16/h10-11,15-16,29H,3-9,12-14H2,1-2H3,(H2,28,33). The molecule has 2 fully saturated rings. The summed E-state index contributed by atoms with van der Waals surface area (Å²) in [6, 6.07) is 3.26. The molecule has 1 heterocycles. The number of primary amides is 1. The lowest BCUT2D eigenvalue weighted by atomic mass is 9.75. The van der Waals surface area contributed by atoms with Crippen LogP contribution in [-0.2, 0) is 12.8 Å². The molecule has 2 aromatic rings. The van der Waals surface area contributed by atoms with Gasteiger partial charge in [-0.15, -0.1) is 0 Å². The molecule has 5 rings (SSSR count). The molecular formula is C26H33FN4O2. The Morgan fingerprint density at radius 2 is 1.91 bits per heavy atom. The lowest BCUT2D eigenvalue weighted by Gasteiger charge is -2.29. The van der Waals surface area contributed by atoms with E-state index in [0.29, 0.717) is 24.3 Å². The van der Waals surface area contributed by atoms with Crippen LogP contribution < -0.4 is 11.1 Å². The summed E-state index contributed by atoms with van der Waals surface area (Å²) in [5.74, 6) is -0.536. The van der Waals surface area contributed by atoms with Crippen molar-refractivity contribution in [2.45, 2.75) is 84.1 Å². The van der Waals surface area contributed by atoms with Gasteiger partial charge in [0.1, 0.15) is 5.69 Å². The number of carbonyl (C=O) groups is 2. The number of nitrogens with two attached hydrogens (primary N) is 1. The molecule has 176 valence electrons. The summed E-state index contributed by atoms with van der Waals surface area (Å²) in [5, 5.41) is 8.07. The second kappa shape index (κ2) is 8.26. The summed E-state index contributed by atoms with van der Waals surface area (Å²) < 4.78 is 17.7. The van der Waals surface area contributed by atoms with E-state index in [1.807, 2.05) is 0 Å². The molecule has 1 aromatic carbocycles. The Morgan fingerprint density at radius 1 is 1.18 bits per heavy atom. The predicted molar refractivity (Wildman–Crippen MR) is 125 cm³/mol. The van der Waals surface area contributed by atoms with Gasteiger partial charge in [-0.25, -0.2) is 9.07 Å². The molecule has 3 aliphatic carbocycles. The van der Waals surface area contributed by atoms with Crippen LogP contribution in [0.1, 0.15) is 97.3 Å². The first-order valence-corrected chi connectivity index (χ1v) is 12.3. The monoisotopic (exact) mass is 452 g/mol. The van der Waals surface area contributed by atoms with Crippen molar-refractivity contribution in [1.82, 2.24) is 9.78 Å². The van der Waals surface area contributed by atoms with Gasteiger partial charge in [0.15, 0.2) is 11.6 Å². The first-order chi connectivity index (χ1) is 15.7. The highest BCUT2D eigenvalue weighted by Crippen LogP contribution is 2.41. The molecule has 0 radical (unpaired) electrons. The summed E-state index contributed by atoms with van der Waals surface area (Å²) in [6.07, 6.45) is 9.40. The zero-order chi connectivity index (χ0) is 23.3. The van der Waals surface area contributed by atoms with Crippen LogP contribution in [0.3, 0.4) is 0 Å². The number of fused-ring (bicyclic) bond motifs is 1. The molecule has 0 aliphatic heterocycles. The third kappa shape index (κ3) is 4.30. The van der Waals surface area contributed by atoms with Crippen LogP contribution in [0.2, 0.25) is 0 Å².